The summed E-state index contributed by atoms with van der Waals surface area (Å²) in [7, 11) is 1.94. The number of amides is 1. The van der Waals surface area contributed by atoms with Crippen LogP contribution in [0.3, 0.4) is 0 Å². The molecule has 44 heavy (non-hydrogen) atoms. The number of anilines is 2. The van der Waals surface area contributed by atoms with Crippen molar-refractivity contribution in [3.05, 3.63) is 89.7 Å². The van der Waals surface area contributed by atoms with E-state index in [1.54, 1.807) is 11.0 Å². The van der Waals surface area contributed by atoms with Gasteiger partial charge in [0.2, 0.25) is 0 Å². The molecule has 3 aliphatic heterocycles. The first-order chi connectivity index (χ1) is 21.5. The Balaban J connectivity index is 1.05. The maximum Gasteiger partial charge on any atom is 0.272 e. The van der Waals surface area contributed by atoms with Crippen molar-refractivity contribution < 1.29 is 9.90 Å². The van der Waals surface area contributed by atoms with E-state index in [-0.39, 0.29) is 18.0 Å². The quantitative estimate of drug-likeness (QED) is 0.350. The monoisotopic (exact) mass is 592 g/mol. The molecule has 228 valence electrons. The predicted octanol–water partition coefficient (Wildman–Crippen LogP) is 3.59. The number of rotatable bonds is 6. The zero-order chi connectivity index (χ0) is 30.0. The van der Waals surface area contributed by atoms with Crippen LogP contribution in [-0.4, -0.2) is 91.5 Å². The Hall–Kier alpha value is -4.28. The van der Waals surface area contributed by atoms with Crippen LogP contribution < -0.4 is 10.2 Å². The summed E-state index contributed by atoms with van der Waals surface area (Å²) in [5, 5.41) is 19.4. The number of piperidine rings is 2. The Kier molecular flexibility index (Phi) is 8.01. The number of benzene rings is 2. The number of fused-ring (bicyclic) bond motifs is 1. The number of aliphatic hydroxyl groups excluding tert-OH is 1. The first kappa shape index (κ1) is 28.5. The van der Waals surface area contributed by atoms with E-state index in [0.29, 0.717) is 30.4 Å². The normalized spacial score (nSPS) is 21.2. The molecule has 2 saturated heterocycles. The summed E-state index contributed by atoms with van der Waals surface area (Å²) in [5.74, 6) is 2.01. The smallest absolute Gasteiger partial charge is 0.272 e. The molecule has 2 N–H and O–H groups in total. The molecule has 10 heteroatoms. The van der Waals surface area contributed by atoms with Gasteiger partial charge in [0, 0.05) is 82.3 Å². The molecule has 2 aromatic heterocycles. The van der Waals surface area contributed by atoms with Gasteiger partial charge >= 0.3 is 0 Å². The topological polar surface area (TPSA) is 103 Å². The van der Waals surface area contributed by atoms with Gasteiger partial charge in [-0.3, -0.25) is 14.4 Å². The molecule has 0 saturated carbocycles. The third-order valence-corrected chi connectivity index (χ3v) is 9.31. The molecule has 2 fully saturated rings. The fourth-order valence-corrected chi connectivity index (χ4v) is 6.87. The Morgan fingerprint density at radius 1 is 0.909 bits per heavy atom. The molecule has 10 nitrogen and oxygen atoms in total. The van der Waals surface area contributed by atoms with Gasteiger partial charge in [-0.25, -0.2) is 9.97 Å². The number of aryl methyl sites for hydroxylation is 1. The first-order valence-corrected chi connectivity index (χ1v) is 15.7. The lowest BCUT2D eigenvalue weighted by Crippen LogP contribution is -2.56. The minimum Gasteiger partial charge on any atom is -0.390 e. The van der Waals surface area contributed by atoms with E-state index < -0.39 is 6.10 Å². The number of hydrogen-bond acceptors (Lipinski definition) is 8. The van der Waals surface area contributed by atoms with E-state index >= 15 is 0 Å². The molecule has 4 aromatic rings. The van der Waals surface area contributed by atoms with Gasteiger partial charge in [0.15, 0.2) is 11.6 Å². The van der Waals surface area contributed by atoms with E-state index in [2.05, 4.69) is 44.5 Å². The van der Waals surface area contributed by atoms with E-state index in [0.717, 1.165) is 63.2 Å². The van der Waals surface area contributed by atoms with E-state index in [9.17, 15) is 9.90 Å². The third-order valence-electron chi connectivity index (χ3n) is 9.31. The van der Waals surface area contributed by atoms with Crippen molar-refractivity contribution >= 4 is 17.5 Å². The van der Waals surface area contributed by atoms with Gasteiger partial charge in [0.05, 0.1) is 6.10 Å². The van der Waals surface area contributed by atoms with Crippen molar-refractivity contribution in [2.75, 3.05) is 42.9 Å². The summed E-state index contributed by atoms with van der Waals surface area (Å²) in [6.07, 6.45) is 4.94. The number of carbonyl (C=O) groups is 1. The fourth-order valence-electron chi connectivity index (χ4n) is 6.87. The lowest BCUT2D eigenvalue weighted by Gasteiger charge is -2.43. The van der Waals surface area contributed by atoms with Crippen LogP contribution in [0.1, 0.15) is 40.9 Å². The maximum absolute atomic E-state index is 13.9. The Morgan fingerprint density at radius 3 is 2.43 bits per heavy atom. The molecule has 5 heterocycles. The molecule has 0 spiro atoms. The average molecular weight is 593 g/mol. The number of hydrogen-bond donors (Lipinski definition) is 2. The molecule has 0 bridgehead atoms. The van der Waals surface area contributed by atoms with Crippen molar-refractivity contribution in [1.29, 1.82) is 0 Å². The second kappa shape index (κ2) is 12.4. The van der Waals surface area contributed by atoms with Crippen molar-refractivity contribution in [2.24, 2.45) is 7.05 Å². The highest BCUT2D eigenvalue weighted by molar-refractivity contribution is 5.93. The highest BCUT2D eigenvalue weighted by Gasteiger charge is 2.36. The van der Waals surface area contributed by atoms with Crippen molar-refractivity contribution in [1.82, 2.24) is 29.5 Å². The lowest BCUT2D eigenvalue weighted by molar-refractivity contribution is -0.0139. The standard InChI is InChI=1S/C34H40N8O2/c1-39-16-15-32(38-39)40-18-12-27(13-19-40)35-31-21-28(36-33(37-31)25-8-3-2-4-9-25)34(44)42-20-14-29(30(43)23-42)41-17-11-24-7-5-6-10-26(24)22-41/h2-10,15-16,21,27,29-30,43H,11-14,17-20,22-23H2,1H3,(H,35,36,37)/t29-,30-/m1/s1. The van der Waals surface area contributed by atoms with Crippen LogP contribution >= 0.6 is 0 Å². The van der Waals surface area contributed by atoms with Crippen LogP contribution in [0, 0.1) is 0 Å². The predicted molar refractivity (Wildman–Crippen MR) is 170 cm³/mol. The van der Waals surface area contributed by atoms with Gasteiger partial charge in [-0.2, -0.15) is 5.10 Å². The molecular weight excluding hydrogens is 552 g/mol. The second-order valence-electron chi connectivity index (χ2n) is 12.2. The zero-order valence-electron chi connectivity index (χ0n) is 25.2. The highest BCUT2D eigenvalue weighted by Crippen LogP contribution is 2.27. The second-order valence-corrected chi connectivity index (χ2v) is 12.2. The van der Waals surface area contributed by atoms with Crippen LogP contribution in [0.25, 0.3) is 11.4 Å². The highest BCUT2D eigenvalue weighted by atomic mass is 16.3. The summed E-state index contributed by atoms with van der Waals surface area (Å²) in [5.41, 5.74) is 3.94. The molecule has 0 unspecified atom stereocenters. The van der Waals surface area contributed by atoms with Crippen LogP contribution in [0.5, 0.6) is 0 Å². The van der Waals surface area contributed by atoms with Crippen LogP contribution in [-0.2, 0) is 20.0 Å². The molecular formula is C34H40N8O2. The Labute approximate surface area is 258 Å². The molecule has 0 aliphatic carbocycles. The number of nitrogens with one attached hydrogen (secondary N) is 1. The lowest BCUT2D eigenvalue weighted by atomic mass is 9.94. The van der Waals surface area contributed by atoms with Gasteiger partial charge in [-0.1, -0.05) is 54.6 Å². The SMILES string of the molecule is Cn1ccc(N2CCC(Nc3cc(C(=O)N4CC[C@@H](N5CCc6ccccc6C5)[C@H](O)C4)nc(-c4ccccc4)n3)CC2)n1. The average Bonchev–Trinajstić information content (AvgIpc) is 3.51. The van der Waals surface area contributed by atoms with Crippen LogP contribution in [0.4, 0.5) is 11.6 Å². The van der Waals surface area contributed by atoms with E-state index in [1.165, 1.54) is 11.1 Å². The fraction of sp³-hybridized carbons (Fsp3) is 0.412. The van der Waals surface area contributed by atoms with Crippen LogP contribution in [0.15, 0.2) is 72.9 Å². The molecule has 3 aliphatic rings. The van der Waals surface area contributed by atoms with Gasteiger partial charge in [0.25, 0.3) is 5.91 Å². The summed E-state index contributed by atoms with van der Waals surface area (Å²) in [4.78, 5) is 29.9. The number of carbonyl (C=O) groups excluding carboxylic acids is 1. The summed E-state index contributed by atoms with van der Waals surface area (Å²) in [6, 6.07) is 22.4. The van der Waals surface area contributed by atoms with Crippen LogP contribution in [0.2, 0.25) is 0 Å². The largest absolute Gasteiger partial charge is 0.390 e. The zero-order valence-corrected chi connectivity index (χ0v) is 25.2. The summed E-state index contributed by atoms with van der Waals surface area (Å²) in [6.45, 7) is 4.43. The van der Waals surface area contributed by atoms with Crippen molar-refractivity contribution in [3.8, 4) is 11.4 Å². The minimum atomic E-state index is -0.615. The number of aliphatic hydroxyl groups is 1. The Bertz CT molecular complexity index is 1600. The summed E-state index contributed by atoms with van der Waals surface area (Å²) < 4.78 is 1.83. The molecule has 7 rings (SSSR count). The number of β-amino-alcohol motifs (C(OH)–C–C–N with tert-alkyl or cyclic N) is 1. The minimum absolute atomic E-state index is 0.0341. The van der Waals surface area contributed by atoms with Gasteiger partial charge in [-0.05, 0) is 36.8 Å². The number of likely N-dealkylation sites (tertiary alicyclic amines) is 1. The van der Waals surface area contributed by atoms with Gasteiger partial charge in [0.1, 0.15) is 11.5 Å². The van der Waals surface area contributed by atoms with Gasteiger partial charge < -0.3 is 20.2 Å². The number of aromatic nitrogens is 4. The molecule has 2 aromatic carbocycles. The third kappa shape index (κ3) is 6.05. The van der Waals surface area contributed by atoms with E-state index in [1.807, 2.05) is 54.3 Å². The van der Waals surface area contributed by atoms with Gasteiger partial charge in [-0.15, -0.1) is 0 Å². The van der Waals surface area contributed by atoms with E-state index in [4.69, 9.17) is 9.97 Å². The summed E-state index contributed by atoms with van der Waals surface area (Å²) >= 11 is 0. The Morgan fingerprint density at radius 2 is 1.68 bits per heavy atom. The molecule has 2 atom stereocenters. The maximum atomic E-state index is 13.9. The van der Waals surface area contributed by atoms with Crippen molar-refractivity contribution in [3.63, 3.8) is 0 Å². The first-order valence-electron chi connectivity index (χ1n) is 15.7. The molecule has 1 amide bonds. The van der Waals surface area contributed by atoms with Crippen molar-refractivity contribution in [2.45, 2.75) is 50.4 Å². The number of nitrogens with zero attached hydrogens (tertiary/aromatic N) is 7. The molecule has 0 radical (unpaired) electrons.